The number of rotatable bonds is 2. The molecular formula is C10H8N2O4. The normalized spacial score (nSPS) is 19.6. The molecular weight excluding hydrogens is 212 g/mol. The van der Waals surface area contributed by atoms with Crippen molar-refractivity contribution in [2.75, 3.05) is 6.54 Å². The Kier molecular flexibility index (Phi) is 2.40. The van der Waals surface area contributed by atoms with Crippen molar-refractivity contribution in [3.05, 3.63) is 39.9 Å². The van der Waals surface area contributed by atoms with Gasteiger partial charge in [-0.05, 0) is 5.56 Å². The maximum atomic E-state index is 11.4. The molecule has 0 radical (unpaired) electrons. The molecule has 2 rings (SSSR count). The molecule has 1 heterocycles. The number of Topliss-reactive ketones (excluding diaryl/α,β-unsaturated/α-hetero) is 1. The lowest BCUT2D eigenvalue weighted by Gasteiger charge is -2.04. The number of nitrogens with one attached hydrogen (secondary N) is 1. The van der Waals surface area contributed by atoms with Crippen molar-refractivity contribution in [3.8, 4) is 0 Å². The fraction of sp³-hybridized carbons (Fsp3) is 0.200. The Hall–Kier alpha value is -2.24. The monoisotopic (exact) mass is 220 g/mol. The summed E-state index contributed by atoms with van der Waals surface area (Å²) in [6.45, 7) is -0.00775. The van der Waals surface area contributed by atoms with Crippen molar-refractivity contribution < 1.29 is 14.5 Å². The van der Waals surface area contributed by atoms with Gasteiger partial charge in [0.15, 0.2) is 5.78 Å². The maximum absolute atomic E-state index is 11.4. The molecule has 1 aromatic carbocycles. The van der Waals surface area contributed by atoms with Crippen LogP contribution in [-0.4, -0.2) is 23.2 Å². The topological polar surface area (TPSA) is 89.3 Å². The van der Waals surface area contributed by atoms with E-state index in [4.69, 9.17) is 0 Å². The molecule has 1 N–H and O–H groups in total. The fourth-order valence-electron chi connectivity index (χ4n) is 1.68. The first-order chi connectivity index (χ1) is 7.59. The minimum atomic E-state index is -0.903. The Balaban J connectivity index is 2.40. The van der Waals surface area contributed by atoms with E-state index < -0.39 is 16.7 Å². The van der Waals surface area contributed by atoms with Crippen LogP contribution in [-0.2, 0) is 9.59 Å². The van der Waals surface area contributed by atoms with E-state index in [2.05, 4.69) is 5.32 Å². The molecule has 16 heavy (non-hydrogen) atoms. The Bertz CT molecular complexity index is 467. The molecule has 1 aliphatic heterocycles. The van der Waals surface area contributed by atoms with Crippen LogP contribution in [0.3, 0.4) is 0 Å². The smallest absolute Gasteiger partial charge is 0.269 e. The van der Waals surface area contributed by atoms with Crippen molar-refractivity contribution in [2.24, 2.45) is 0 Å². The molecule has 0 bridgehead atoms. The van der Waals surface area contributed by atoms with Gasteiger partial charge in [0.05, 0.1) is 11.5 Å². The average Bonchev–Trinajstić information content (AvgIpc) is 2.59. The van der Waals surface area contributed by atoms with Gasteiger partial charge in [-0.1, -0.05) is 12.1 Å². The summed E-state index contributed by atoms with van der Waals surface area (Å²) in [4.78, 5) is 32.8. The molecule has 1 aromatic rings. The summed E-state index contributed by atoms with van der Waals surface area (Å²) in [7, 11) is 0. The second kappa shape index (κ2) is 3.73. The summed E-state index contributed by atoms with van der Waals surface area (Å²) in [6, 6.07) is 5.58. The van der Waals surface area contributed by atoms with Crippen LogP contribution in [0, 0.1) is 10.1 Å². The van der Waals surface area contributed by atoms with Crippen LogP contribution in [0.2, 0.25) is 0 Å². The summed E-state index contributed by atoms with van der Waals surface area (Å²) in [5, 5.41) is 13.0. The summed E-state index contributed by atoms with van der Waals surface area (Å²) in [5.41, 5.74) is 0.249. The Morgan fingerprint density at radius 3 is 2.69 bits per heavy atom. The van der Waals surface area contributed by atoms with Gasteiger partial charge in [-0.25, -0.2) is 0 Å². The summed E-state index contributed by atoms with van der Waals surface area (Å²) in [5.74, 6) is -1.56. The lowest BCUT2D eigenvalue weighted by molar-refractivity contribution is -0.384. The molecule has 0 saturated carbocycles. The zero-order valence-corrected chi connectivity index (χ0v) is 8.17. The molecule has 6 heteroatoms. The number of carbonyl (C=O) groups excluding carboxylic acids is 2. The standard InChI is InChI=1S/C10H8N2O4/c13-8-5-11-10(14)9(8)6-2-1-3-7(4-6)12(15)16/h1-4,9H,5H2,(H,11,14). The number of nitrogens with zero attached hydrogens (tertiary/aromatic N) is 1. The van der Waals surface area contributed by atoms with Crippen molar-refractivity contribution in [1.82, 2.24) is 5.32 Å². The van der Waals surface area contributed by atoms with Gasteiger partial charge < -0.3 is 5.32 Å². The van der Waals surface area contributed by atoms with E-state index in [0.29, 0.717) is 5.56 Å². The van der Waals surface area contributed by atoms with Gasteiger partial charge in [0, 0.05) is 12.1 Å². The number of non-ortho nitro benzene ring substituents is 1. The molecule has 1 fully saturated rings. The average molecular weight is 220 g/mol. The van der Waals surface area contributed by atoms with Crippen LogP contribution in [0.5, 0.6) is 0 Å². The number of carbonyl (C=O) groups is 2. The predicted molar refractivity (Wildman–Crippen MR) is 53.9 cm³/mol. The van der Waals surface area contributed by atoms with Gasteiger partial charge in [0.25, 0.3) is 5.69 Å². The highest BCUT2D eigenvalue weighted by molar-refractivity contribution is 6.13. The number of nitro groups is 1. The summed E-state index contributed by atoms with van der Waals surface area (Å²) >= 11 is 0. The lowest BCUT2D eigenvalue weighted by Crippen LogP contribution is -2.18. The van der Waals surface area contributed by atoms with Crippen molar-refractivity contribution in [3.63, 3.8) is 0 Å². The Morgan fingerprint density at radius 1 is 1.38 bits per heavy atom. The highest BCUT2D eigenvalue weighted by atomic mass is 16.6. The third-order valence-corrected chi connectivity index (χ3v) is 2.44. The molecule has 0 spiro atoms. The lowest BCUT2D eigenvalue weighted by atomic mass is 9.96. The minimum Gasteiger partial charge on any atom is -0.348 e. The van der Waals surface area contributed by atoms with Crippen LogP contribution in [0.25, 0.3) is 0 Å². The molecule has 1 aliphatic rings. The summed E-state index contributed by atoms with van der Waals surface area (Å²) in [6.07, 6.45) is 0. The number of ketones is 1. The van der Waals surface area contributed by atoms with Gasteiger partial charge in [-0.2, -0.15) is 0 Å². The van der Waals surface area contributed by atoms with Crippen molar-refractivity contribution >= 4 is 17.4 Å². The third-order valence-electron chi connectivity index (χ3n) is 2.44. The van der Waals surface area contributed by atoms with Gasteiger partial charge in [0.1, 0.15) is 5.92 Å². The number of benzene rings is 1. The second-order valence-electron chi connectivity index (χ2n) is 3.47. The first kappa shape index (κ1) is 10.3. The predicted octanol–water partition coefficient (Wildman–Crippen LogP) is 0.377. The molecule has 1 unspecified atom stereocenters. The first-order valence-electron chi connectivity index (χ1n) is 4.64. The molecule has 1 atom stereocenters. The number of nitro benzene ring substituents is 1. The van der Waals surface area contributed by atoms with E-state index in [1.807, 2.05) is 0 Å². The molecule has 1 amide bonds. The third kappa shape index (κ3) is 1.65. The number of hydrogen-bond acceptors (Lipinski definition) is 4. The first-order valence-corrected chi connectivity index (χ1v) is 4.64. The molecule has 0 aromatic heterocycles. The van der Waals surface area contributed by atoms with Crippen molar-refractivity contribution in [1.29, 1.82) is 0 Å². The van der Waals surface area contributed by atoms with E-state index in [1.54, 1.807) is 6.07 Å². The Morgan fingerprint density at radius 2 is 2.12 bits per heavy atom. The second-order valence-corrected chi connectivity index (χ2v) is 3.47. The number of amides is 1. The zero-order chi connectivity index (χ0) is 11.7. The Labute approximate surface area is 90.4 Å². The van der Waals surface area contributed by atoms with E-state index in [1.165, 1.54) is 18.2 Å². The van der Waals surface area contributed by atoms with Crippen LogP contribution >= 0.6 is 0 Å². The SMILES string of the molecule is O=C1CNC(=O)C1c1cccc([N+](=O)[O-])c1. The number of hydrogen-bond donors (Lipinski definition) is 1. The molecule has 1 saturated heterocycles. The van der Waals surface area contributed by atoms with Gasteiger partial charge in [-0.3, -0.25) is 19.7 Å². The quantitative estimate of drug-likeness (QED) is 0.443. The molecule has 6 nitrogen and oxygen atoms in total. The fourth-order valence-corrected chi connectivity index (χ4v) is 1.68. The van der Waals surface area contributed by atoms with E-state index in [0.717, 1.165) is 0 Å². The van der Waals surface area contributed by atoms with Gasteiger partial charge >= 0.3 is 0 Å². The van der Waals surface area contributed by atoms with Gasteiger partial charge in [-0.15, -0.1) is 0 Å². The van der Waals surface area contributed by atoms with Crippen LogP contribution in [0.4, 0.5) is 5.69 Å². The minimum absolute atomic E-state index is 0.00775. The molecule has 82 valence electrons. The highest BCUT2D eigenvalue weighted by Gasteiger charge is 2.34. The zero-order valence-electron chi connectivity index (χ0n) is 8.17. The van der Waals surface area contributed by atoms with E-state index in [9.17, 15) is 19.7 Å². The van der Waals surface area contributed by atoms with E-state index in [-0.39, 0.29) is 18.0 Å². The van der Waals surface area contributed by atoms with E-state index >= 15 is 0 Å². The summed E-state index contributed by atoms with van der Waals surface area (Å²) < 4.78 is 0. The van der Waals surface area contributed by atoms with Crippen LogP contribution < -0.4 is 5.32 Å². The maximum Gasteiger partial charge on any atom is 0.269 e. The van der Waals surface area contributed by atoms with Crippen LogP contribution in [0.1, 0.15) is 11.5 Å². The largest absolute Gasteiger partial charge is 0.348 e. The van der Waals surface area contributed by atoms with Gasteiger partial charge in [0.2, 0.25) is 5.91 Å². The molecule has 0 aliphatic carbocycles. The van der Waals surface area contributed by atoms with Crippen molar-refractivity contribution in [2.45, 2.75) is 5.92 Å². The van der Waals surface area contributed by atoms with Crippen LogP contribution in [0.15, 0.2) is 24.3 Å². The highest BCUT2D eigenvalue weighted by Crippen LogP contribution is 2.24.